The number of carbonyl (C=O) groups is 2. The number of nitrogens with one attached hydrogen (secondary N) is 1. The SMILES string of the molecule is COc1ccc(N2C[C@@H](C(=O)Nc3cc(C(C)(C)C)ccc3OC)CC2=O)cc1. The Bertz CT molecular complexity index is 900. The minimum Gasteiger partial charge on any atom is -0.497 e. The summed E-state index contributed by atoms with van der Waals surface area (Å²) in [5, 5.41) is 2.96. The molecular weight excluding hydrogens is 368 g/mol. The first-order valence-corrected chi connectivity index (χ1v) is 9.66. The van der Waals surface area contributed by atoms with E-state index < -0.39 is 5.92 Å². The molecule has 0 bridgehead atoms. The van der Waals surface area contributed by atoms with Gasteiger partial charge in [-0.2, -0.15) is 0 Å². The van der Waals surface area contributed by atoms with Crippen LogP contribution < -0.4 is 19.7 Å². The van der Waals surface area contributed by atoms with Gasteiger partial charge in [0.1, 0.15) is 11.5 Å². The van der Waals surface area contributed by atoms with Crippen molar-refractivity contribution in [3.63, 3.8) is 0 Å². The zero-order chi connectivity index (χ0) is 21.2. The van der Waals surface area contributed by atoms with Crippen molar-refractivity contribution in [1.82, 2.24) is 0 Å². The topological polar surface area (TPSA) is 67.9 Å². The number of nitrogens with zero attached hydrogens (tertiary/aromatic N) is 1. The lowest BCUT2D eigenvalue weighted by molar-refractivity contribution is -0.122. The Labute approximate surface area is 171 Å². The number of amides is 2. The van der Waals surface area contributed by atoms with Gasteiger partial charge in [-0.3, -0.25) is 9.59 Å². The Hall–Kier alpha value is -3.02. The number of rotatable bonds is 5. The maximum atomic E-state index is 12.9. The van der Waals surface area contributed by atoms with Crippen LogP contribution in [0.5, 0.6) is 11.5 Å². The van der Waals surface area contributed by atoms with Crippen LogP contribution in [0.25, 0.3) is 0 Å². The molecule has 1 N–H and O–H groups in total. The zero-order valence-corrected chi connectivity index (χ0v) is 17.6. The van der Waals surface area contributed by atoms with Crippen LogP contribution in [0.3, 0.4) is 0 Å². The molecule has 1 aliphatic heterocycles. The fourth-order valence-electron chi connectivity index (χ4n) is 3.40. The number of methoxy groups -OCH3 is 2. The zero-order valence-electron chi connectivity index (χ0n) is 17.6. The molecule has 2 aromatic carbocycles. The maximum absolute atomic E-state index is 12.9. The lowest BCUT2D eigenvalue weighted by Crippen LogP contribution is -2.28. The van der Waals surface area contributed by atoms with E-state index in [4.69, 9.17) is 9.47 Å². The highest BCUT2D eigenvalue weighted by Gasteiger charge is 2.35. The second-order valence-corrected chi connectivity index (χ2v) is 8.26. The molecule has 3 rings (SSSR count). The molecule has 0 radical (unpaired) electrons. The van der Waals surface area contributed by atoms with Gasteiger partial charge >= 0.3 is 0 Å². The normalized spacial score (nSPS) is 16.7. The molecule has 0 aromatic heterocycles. The predicted octanol–water partition coefficient (Wildman–Crippen LogP) is 3.99. The van der Waals surface area contributed by atoms with Gasteiger partial charge in [-0.25, -0.2) is 0 Å². The lowest BCUT2D eigenvalue weighted by Gasteiger charge is -2.22. The van der Waals surface area contributed by atoms with Crippen LogP contribution in [0.15, 0.2) is 42.5 Å². The van der Waals surface area contributed by atoms with Crippen LogP contribution >= 0.6 is 0 Å². The first-order chi connectivity index (χ1) is 13.7. The molecule has 1 fully saturated rings. The van der Waals surface area contributed by atoms with E-state index in [1.807, 2.05) is 30.3 Å². The van der Waals surface area contributed by atoms with Gasteiger partial charge in [0.05, 0.1) is 25.8 Å². The summed E-state index contributed by atoms with van der Waals surface area (Å²) in [6.07, 6.45) is 0.180. The molecule has 0 aliphatic carbocycles. The van der Waals surface area contributed by atoms with E-state index in [9.17, 15) is 9.59 Å². The van der Waals surface area contributed by atoms with E-state index >= 15 is 0 Å². The summed E-state index contributed by atoms with van der Waals surface area (Å²) in [5.41, 5.74) is 2.43. The van der Waals surface area contributed by atoms with Gasteiger partial charge in [0.2, 0.25) is 11.8 Å². The van der Waals surface area contributed by atoms with Crippen LogP contribution in [0.2, 0.25) is 0 Å². The summed E-state index contributed by atoms with van der Waals surface area (Å²) in [6.45, 7) is 6.69. The van der Waals surface area contributed by atoms with Crippen LogP contribution in [0.1, 0.15) is 32.8 Å². The smallest absolute Gasteiger partial charge is 0.229 e. The molecule has 0 spiro atoms. The van der Waals surface area contributed by atoms with E-state index in [-0.39, 0.29) is 23.7 Å². The van der Waals surface area contributed by atoms with E-state index in [0.717, 1.165) is 17.0 Å². The van der Waals surface area contributed by atoms with Crippen molar-refractivity contribution in [3.05, 3.63) is 48.0 Å². The monoisotopic (exact) mass is 396 g/mol. The molecule has 1 aliphatic rings. The summed E-state index contributed by atoms with van der Waals surface area (Å²) in [7, 11) is 3.17. The maximum Gasteiger partial charge on any atom is 0.229 e. The third-order valence-corrected chi connectivity index (χ3v) is 5.20. The molecule has 2 aromatic rings. The number of carbonyl (C=O) groups excluding carboxylic acids is 2. The lowest BCUT2D eigenvalue weighted by atomic mass is 9.86. The Morgan fingerprint density at radius 2 is 1.76 bits per heavy atom. The fraction of sp³-hybridized carbons (Fsp3) is 0.391. The number of benzene rings is 2. The van der Waals surface area contributed by atoms with E-state index in [0.29, 0.717) is 18.0 Å². The molecule has 6 heteroatoms. The summed E-state index contributed by atoms with van der Waals surface area (Å²) in [5.74, 6) is 0.653. The van der Waals surface area contributed by atoms with Gasteiger partial charge in [0.25, 0.3) is 0 Å². The van der Waals surface area contributed by atoms with Crippen LogP contribution in [-0.2, 0) is 15.0 Å². The number of ether oxygens (including phenoxy) is 2. The summed E-state index contributed by atoms with van der Waals surface area (Å²) >= 11 is 0. The highest BCUT2D eigenvalue weighted by Crippen LogP contribution is 2.33. The number of anilines is 2. The Morgan fingerprint density at radius 3 is 2.34 bits per heavy atom. The predicted molar refractivity (Wildman–Crippen MR) is 114 cm³/mol. The average Bonchev–Trinajstić information content (AvgIpc) is 3.09. The van der Waals surface area contributed by atoms with Crippen molar-refractivity contribution < 1.29 is 19.1 Å². The summed E-state index contributed by atoms with van der Waals surface area (Å²) in [4.78, 5) is 27.0. The van der Waals surface area contributed by atoms with Gasteiger partial charge in [-0.05, 0) is 47.4 Å². The van der Waals surface area contributed by atoms with Crippen molar-refractivity contribution in [2.24, 2.45) is 5.92 Å². The first-order valence-electron chi connectivity index (χ1n) is 9.66. The average molecular weight is 396 g/mol. The quantitative estimate of drug-likeness (QED) is 0.830. The number of hydrogen-bond donors (Lipinski definition) is 1. The molecule has 0 saturated carbocycles. The molecule has 1 heterocycles. The van der Waals surface area contributed by atoms with E-state index in [2.05, 4.69) is 26.1 Å². The second-order valence-electron chi connectivity index (χ2n) is 8.26. The minimum absolute atomic E-state index is 0.0553. The molecule has 0 unspecified atom stereocenters. The Morgan fingerprint density at radius 1 is 1.07 bits per heavy atom. The highest BCUT2D eigenvalue weighted by atomic mass is 16.5. The highest BCUT2D eigenvalue weighted by molar-refractivity contribution is 6.04. The first kappa shape index (κ1) is 20.7. The third kappa shape index (κ3) is 4.53. The van der Waals surface area contributed by atoms with Gasteiger partial charge in [0.15, 0.2) is 0 Å². The van der Waals surface area contributed by atoms with Crippen molar-refractivity contribution in [2.75, 3.05) is 31.0 Å². The van der Waals surface area contributed by atoms with E-state index in [1.54, 1.807) is 31.3 Å². The molecular formula is C23H28N2O4. The van der Waals surface area contributed by atoms with E-state index in [1.165, 1.54) is 0 Å². The van der Waals surface area contributed by atoms with Crippen molar-refractivity contribution in [1.29, 1.82) is 0 Å². The molecule has 1 saturated heterocycles. The van der Waals surface area contributed by atoms with Gasteiger partial charge in [-0.15, -0.1) is 0 Å². The Kier molecular flexibility index (Phi) is 5.82. The fourth-order valence-corrected chi connectivity index (χ4v) is 3.40. The molecule has 1 atom stereocenters. The molecule has 29 heavy (non-hydrogen) atoms. The van der Waals surface area contributed by atoms with Gasteiger partial charge in [-0.1, -0.05) is 26.8 Å². The third-order valence-electron chi connectivity index (χ3n) is 5.20. The van der Waals surface area contributed by atoms with Crippen LogP contribution in [-0.4, -0.2) is 32.6 Å². The van der Waals surface area contributed by atoms with Crippen molar-refractivity contribution in [3.8, 4) is 11.5 Å². The van der Waals surface area contributed by atoms with Crippen molar-refractivity contribution >= 4 is 23.2 Å². The molecule has 154 valence electrons. The molecule has 6 nitrogen and oxygen atoms in total. The Balaban J connectivity index is 1.75. The summed E-state index contributed by atoms with van der Waals surface area (Å²) < 4.78 is 10.6. The number of hydrogen-bond acceptors (Lipinski definition) is 4. The molecule has 2 amide bonds. The largest absolute Gasteiger partial charge is 0.497 e. The van der Waals surface area contributed by atoms with Crippen molar-refractivity contribution in [2.45, 2.75) is 32.6 Å². The van der Waals surface area contributed by atoms with Gasteiger partial charge < -0.3 is 19.7 Å². The summed E-state index contributed by atoms with van der Waals surface area (Å²) in [6, 6.07) is 13.1. The van der Waals surface area contributed by atoms with Crippen LogP contribution in [0, 0.1) is 5.92 Å². The minimum atomic E-state index is -0.424. The van der Waals surface area contributed by atoms with Gasteiger partial charge in [0, 0.05) is 18.7 Å². The standard InChI is InChI=1S/C23H28N2O4/c1-23(2,3)16-6-11-20(29-5)19(13-16)24-22(27)15-12-21(26)25(14-15)17-7-9-18(28-4)10-8-17/h6-11,13,15H,12,14H2,1-5H3,(H,24,27)/t15-/m0/s1. The van der Waals surface area contributed by atoms with Crippen LogP contribution in [0.4, 0.5) is 11.4 Å². The second kappa shape index (κ2) is 8.15.